The van der Waals surface area contributed by atoms with Gasteiger partial charge in [0.2, 0.25) is 5.91 Å². The highest BCUT2D eigenvalue weighted by Crippen LogP contribution is 2.42. The van der Waals surface area contributed by atoms with Crippen molar-refractivity contribution < 1.29 is 9.59 Å². The summed E-state index contributed by atoms with van der Waals surface area (Å²) in [6.45, 7) is 15.3. The molecule has 8 nitrogen and oxygen atoms in total. The lowest BCUT2D eigenvalue weighted by atomic mass is 9.93. The van der Waals surface area contributed by atoms with E-state index in [-0.39, 0.29) is 23.4 Å². The molecule has 3 aliphatic heterocycles. The van der Waals surface area contributed by atoms with Crippen LogP contribution in [-0.4, -0.2) is 69.0 Å². The maximum Gasteiger partial charge on any atom is 0.322 e. The fourth-order valence-electron chi connectivity index (χ4n) is 7.19. The van der Waals surface area contributed by atoms with Gasteiger partial charge in [-0.15, -0.1) is 0 Å². The third-order valence-corrected chi connectivity index (χ3v) is 8.91. The fraction of sp³-hybridized carbons (Fsp3) is 0.656. The first kappa shape index (κ1) is 28.7. The molecule has 218 valence electrons. The summed E-state index contributed by atoms with van der Waals surface area (Å²) in [5.41, 5.74) is 3.03. The average molecular weight is 549 g/mol. The Morgan fingerprint density at radius 2 is 1.75 bits per heavy atom. The minimum atomic E-state index is -0.364. The average Bonchev–Trinajstić information content (AvgIpc) is 3.35. The predicted octanol–water partition coefficient (Wildman–Crippen LogP) is 5.30. The molecule has 40 heavy (non-hydrogen) atoms. The number of hydrogen-bond donors (Lipinski definition) is 1. The summed E-state index contributed by atoms with van der Waals surface area (Å²) in [4.78, 5) is 37.5. The largest absolute Gasteiger partial charge is 0.336 e. The minimum Gasteiger partial charge on any atom is -0.336 e. The summed E-state index contributed by atoms with van der Waals surface area (Å²) < 4.78 is 2.53. The van der Waals surface area contributed by atoms with Crippen LogP contribution in [0.5, 0.6) is 0 Å². The normalized spacial score (nSPS) is 22.9. The number of carbonyl (C=O) groups excluding carboxylic acids is 2. The highest BCUT2D eigenvalue weighted by molar-refractivity contribution is 5.92. The number of aryl methyl sites for hydroxylation is 1. The molecule has 2 aromatic rings. The van der Waals surface area contributed by atoms with Crippen molar-refractivity contribution >= 4 is 17.6 Å². The number of benzene rings is 1. The smallest absolute Gasteiger partial charge is 0.322 e. The summed E-state index contributed by atoms with van der Waals surface area (Å²) >= 11 is 0. The van der Waals surface area contributed by atoms with Gasteiger partial charge in [0.25, 0.3) is 0 Å². The second kappa shape index (κ2) is 11.6. The number of amides is 3. The monoisotopic (exact) mass is 548 g/mol. The number of anilines is 1. The van der Waals surface area contributed by atoms with Crippen molar-refractivity contribution in [3.63, 3.8) is 0 Å². The van der Waals surface area contributed by atoms with Crippen molar-refractivity contribution in [2.45, 2.75) is 111 Å². The predicted molar refractivity (Wildman–Crippen MR) is 159 cm³/mol. The molecular formula is C32H48N6O2. The molecule has 0 radical (unpaired) electrons. The molecule has 4 heterocycles. The Kier molecular flexibility index (Phi) is 8.27. The van der Waals surface area contributed by atoms with Crippen molar-refractivity contribution in [2.75, 3.05) is 24.5 Å². The SMILES string of the molecule is Cc1nc2c(n1C1CC3CCC(C1)N3CCCN(C(=O)NC(C)C)c1ccccc1)CCN(C(=O)C(C)(C)C)C2. The van der Waals surface area contributed by atoms with Gasteiger partial charge in [0.1, 0.15) is 5.82 Å². The standard InChI is InChI=1S/C32H48N6O2/c1-22(2)33-31(40)37(24-11-8-7-9-12-24)17-10-16-36-25-13-14-26(36)20-27(19-25)38-23(3)34-28-21-35(18-15-29(28)38)30(39)32(4,5)6/h7-9,11-12,22,25-27H,10,13-21H2,1-6H3,(H,33,40). The molecule has 1 aromatic carbocycles. The Hall–Kier alpha value is -2.87. The summed E-state index contributed by atoms with van der Waals surface area (Å²) in [6, 6.07) is 11.7. The van der Waals surface area contributed by atoms with Gasteiger partial charge in [0, 0.05) is 67.0 Å². The van der Waals surface area contributed by atoms with Crippen LogP contribution in [0.15, 0.2) is 30.3 Å². The van der Waals surface area contributed by atoms with E-state index in [2.05, 4.69) is 21.7 Å². The van der Waals surface area contributed by atoms with Gasteiger partial charge in [-0.25, -0.2) is 9.78 Å². The van der Waals surface area contributed by atoms with Crippen LogP contribution in [0.1, 0.15) is 90.0 Å². The van der Waals surface area contributed by atoms with Crippen molar-refractivity contribution in [2.24, 2.45) is 5.41 Å². The molecule has 8 heteroatoms. The Morgan fingerprint density at radius 1 is 1.07 bits per heavy atom. The van der Waals surface area contributed by atoms with Crippen molar-refractivity contribution in [1.82, 2.24) is 24.7 Å². The van der Waals surface area contributed by atoms with Gasteiger partial charge < -0.3 is 14.8 Å². The number of imidazole rings is 1. The molecule has 2 unspecified atom stereocenters. The molecule has 5 rings (SSSR count). The van der Waals surface area contributed by atoms with Gasteiger partial charge >= 0.3 is 6.03 Å². The van der Waals surface area contributed by atoms with Crippen LogP contribution in [0.25, 0.3) is 0 Å². The number of para-hydroxylation sites is 1. The Morgan fingerprint density at radius 3 is 2.38 bits per heavy atom. The van der Waals surface area contributed by atoms with Crippen LogP contribution in [0, 0.1) is 12.3 Å². The van der Waals surface area contributed by atoms with E-state index in [9.17, 15) is 9.59 Å². The molecule has 0 spiro atoms. The summed E-state index contributed by atoms with van der Waals surface area (Å²) in [7, 11) is 0. The molecule has 3 aliphatic rings. The van der Waals surface area contributed by atoms with Gasteiger partial charge in [-0.05, 0) is 65.0 Å². The fourth-order valence-corrected chi connectivity index (χ4v) is 7.19. The highest BCUT2D eigenvalue weighted by Gasteiger charge is 2.42. The van der Waals surface area contributed by atoms with E-state index in [0.717, 1.165) is 56.0 Å². The maximum atomic E-state index is 13.0. The van der Waals surface area contributed by atoms with Crippen LogP contribution in [0.4, 0.5) is 10.5 Å². The summed E-state index contributed by atoms with van der Waals surface area (Å²) in [5.74, 6) is 1.31. The molecule has 3 amide bonds. The Bertz CT molecular complexity index is 1190. The van der Waals surface area contributed by atoms with Crippen LogP contribution >= 0.6 is 0 Å². The molecule has 1 N–H and O–H groups in total. The number of rotatable bonds is 7. The van der Waals surface area contributed by atoms with E-state index < -0.39 is 0 Å². The lowest BCUT2D eigenvalue weighted by Gasteiger charge is -2.41. The van der Waals surface area contributed by atoms with Gasteiger partial charge in [-0.2, -0.15) is 0 Å². The van der Waals surface area contributed by atoms with Crippen molar-refractivity contribution in [3.05, 3.63) is 47.5 Å². The van der Waals surface area contributed by atoms with E-state index in [0.29, 0.717) is 31.2 Å². The van der Waals surface area contributed by atoms with Crippen LogP contribution in [0.2, 0.25) is 0 Å². The zero-order valence-corrected chi connectivity index (χ0v) is 25.3. The third-order valence-electron chi connectivity index (χ3n) is 8.91. The molecule has 0 saturated carbocycles. The van der Waals surface area contributed by atoms with Crippen molar-refractivity contribution in [3.8, 4) is 0 Å². The van der Waals surface area contributed by atoms with E-state index in [1.165, 1.54) is 18.5 Å². The molecule has 2 atom stereocenters. The topological polar surface area (TPSA) is 73.7 Å². The van der Waals surface area contributed by atoms with Crippen LogP contribution < -0.4 is 10.2 Å². The van der Waals surface area contributed by atoms with Crippen LogP contribution in [0.3, 0.4) is 0 Å². The second-order valence-corrected chi connectivity index (χ2v) is 13.3. The summed E-state index contributed by atoms with van der Waals surface area (Å²) in [6.07, 6.45) is 6.65. The first-order chi connectivity index (χ1) is 19.0. The number of hydrogen-bond acceptors (Lipinski definition) is 4. The third kappa shape index (κ3) is 5.92. The number of urea groups is 1. The zero-order valence-electron chi connectivity index (χ0n) is 25.3. The van der Waals surface area contributed by atoms with E-state index in [1.54, 1.807) is 0 Å². The minimum absolute atomic E-state index is 0.0222. The zero-order chi connectivity index (χ0) is 28.6. The maximum absolute atomic E-state index is 13.0. The van der Waals surface area contributed by atoms with Gasteiger partial charge in [-0.1, -0.05) is 39.0 Å². The molecule has 2 bridgehead atoms. The quantitative estimate of drug-likeness (QED) is 0.509. The Balaban J connectivity index is 1.22. The molecular weight excluding hydrogens is 500 g/mol. The van der Waals surface area contributed by atoms with Crippen LogP contribution in [-0.2, 0) is 17.8 Å². The second-order valence-electron chi connectivity index (χ2n) is 13.3. The number of fused-ring (bicyclic) bond motifs is 3. The number of carbonyl (C=O) groups is 2. The van der Waals surface area contributed by atoms with Gasteiger partial charge in [-0.3, -0.25) is 14.6 Å². The number of piperidine rings is 1. The van der Waals surface area contributed by atoms with E-state index in [1.807, 2.05) is 74.8 Å². The highest BCUT2D eigenvalue weighted by atomic mass is 16.2. The van der Waals surface area contributed by atoms with E-state index >= 15 is 0 Å². The van der Waals surface area contributed by atoms with Gasteiger partial charge in [0.05, 0.1) is 12.2 Å². The molecule has 2 saturated heterocycles. The number of aromatic nitrogens is 2. The lowest BCUT2D eigenvalue weighted by Crippen LogP contribution is -2.47. The molecule has 1 aromatic heterocycles. The van der Waals surface area contributed by atoms with Crippen molar-refractivity contribution in [1.29, 1.82) is 0 Å². The lowest BCUT2D eigenvalue weighted by molar-refractivity contribution is -0.140. The first-order valence-electron chi connectivity index (χ1n) is 15.3. The van der Waals surface area contributed by atoms with Gasteiger partial charge in [0.15, 0.2) is 0 Å². The molecule has 2 fully saturated rings. The Labute approximate surface area is 240 Å². The number of nitrogens with one attached hydrogen (secondary N) is 1. The van der Waals surface area contributed by atoms with E-state index in [4.69, 9.17) is 4.98 Å². The molecule has 0 aliphatic carbocycles. The number of nitrogens with zero attached hydrogens (tertiary/aromatic N) is 5. The first-order valence-corrected chi connectivity index (χ1v) is 15.3. The summed E-state index contributed by atoms with van der Waals surface area (Å²) in [5, 5.41) is 3.07.